The summed E-state index contributed by atoms with van der Waals surface area (Å²) in [4.78, 5) is 0. The summed E-state index contributed by atoms with van der Waals surface area (Å²) in [5.74, 6) is 0.700. The Balaban J connectivity index is 1.95. The van der Waals surface area contributed by atoms with Crippen LogP contribution in [0.5, 0.6) is 0 Å². The molecule has 1 aromatic rings. The molecule has 0 aliphatic carbocycles. The number of ether oxygens (including phenoxy) is 1. The zero-order chi connectivity index (χ0) is 16.9. The van der Waals surface area contributed by atoms with Gasteiger partial charge in [-0.25, -0.2) is 0 Å². The molecule has 0 spiro atoms. The average Bonchev–Trinajstić information content (AvgIpc) is 2.55. The largest absolute Gasteiger partial charge is 0.375 e. The van der Waals surface area contributed by atoms with E-state index in [2.05, 4.69) is 70.3 Å². The van der Waals surface area contributed by atoms with Crippen molar-refractivity contribution in [1.82, 2.24) is 5.32 Å². The fraction of sp³-hybridized carbons (Fsp3) is 0.714. The third kappa shape index (κ3) is 4.58. The topological polar surface area (TPSA) is 21.3 Å². The lowest BCUT2D eigenvalue weighted by Crippen LogP contribution is -2.46. The summed E-state index contributed by atoms with van der Waals surface area (Å²) in [6.45, 7) is 13.6. The minimum absolute atomic E-state index is 0.0631. The Morgan fingerprint density at radius 2 is 1.87 bits per heavy atom. The van der Waals surface area contributed by atoms with Crippen molar-refractivity contribution in [3.63, 3.8) is 0 Å². The van der Waals surface area contributed by atoms with Crippen molar-refractivity contribution in [3.8, 4) is 0 Å². The predicted molar refractivity (Wildman–Crippen MR) is 98.6 cm³/mol. The maximum absolute atomic E-state index is 6.10. The van der Waals surface area contributed by atoms with Gasteiger partial charge < -0.3 is 10.1 Å². The normalized spacial score (nSPS) is 29.7. The van der Waals surface area contributed by atoms with Gasteiger partial charge in [-0.05, 0) is 63.0 Å². The molecule has 2 nitrogen and oxygen atoms in total. The Bertz CT molecular complexity index is 472. The van der Waals surface area contributed by atoms with Gasteiger partial charge in [0.15, 0.2) is 0 Å². The Kier molecular flexibility index (Phi) is 6.27. The summed E-state index contributed by atoms with van der Waals surface area (Å²) in [7, 11) is 0. The van der Waals surface area contributed by atoms with E-state index in [0.717, 1.165) is 19.6 Å². The average molecular weight is 318 g/mol. The molecule has 1 aliphatic rings. The fourth-order valence-electron chi connectivity index (χ4n) is 4.00. The van der Waals surface area contributed by atoms with Crippen LogP contribution < -0.4 is 5.32 Å². The molecule has 3 atom stereocenters. The van der Waals surface area contributed by atoms with Crippen LogP contribution in [0.4, 0.5) is 0 Å². The Hall–Kier alpha value is -0.860. The summed E-state index contributed by atoms with van der Waals surface area (Å²) >= 11 is 0. The fourth-order valence-corrected chi connectivity index (χ4v) is 4.00. The van der Waals surface area contributed by atoms with E-state index in [0.29, 0.717) is 17.4 Å². The maximum atomic E-state index is 6.10. The van der Waals surface area contributed by atoms with Crippen LogP contribution in [0.15, 0.2) is 30.3 Å². The zero-order valence-electron chi connectivity index (χ0n) is 15.7. The molecule has 1 fully saturated rings. The first-order chi connectivity index (χ1) is 10.9. The molecule has 0 saturated carbocycles. The van der Waals surface area contributed by atoms with Crippen molar-refractivity contribution in [3.05, 3.63) is 35.9 Å². The van der Waals surface area contributed by atoms with Crippen LogP contribution in [0, 0.1) is 11.3 Å². The van der Waals surface area contributed by atoms with E-state index >= 15 is 0 Å². The second kappa shape index (κ2) is 7.81. The molecule has 0 bridgehead atoms. The lowest BCUT2D eigenvalue weighted by molar-refractivity contribution is -0.132. The highest BCUT2D eigenvalue weighted by Crippen LogP contribution is 2.47. The minimum Gasteiger partial charge on any atom is -0.375 e. The van der Waals surface area contributed by atoms with Gasteiger partial charge in [0.05, 0.1) is 5.60 Å². The van der Waals surface area contributed by atoms with E-state index < -0.39 is 0 Å². The van der Waals surface area contributed by atoms with Gasteiger partial charge in [0.1, 0.15) is 0 Å². The molecule has 2 heteroatoms. The quantitative estimate of drug-likeness (QED) is 0.732. The molecule has 0 amide bonds. The van der Waals surface area contributed by atoms with Gasteiger partial charge in [-0.3, -0.25) is 0 Å². The van der Waals surface area contributed by atoms with E-state index in [1.807, 2.05) is 0 Å². The van der Waals surface area contributed by atoms with Gasteiger partial charge in [0.25, 0.3) is 0 Å². The third-order valence-electron chi connectivity index (χ3n) is 6.12. The molecule has 0 aromatic heterocycles. The number of hydrogen-bond donors (Lipinski definition) is 1. The second-order valence-corrected chi connectivity index (χ2v) is 7.93. The Morgan fingerprint density at radius 1 is 1.17 bits per heavy atom. The highest BCUT2D eigenvalue weighted by Gasteiger charge is 2.43. The Morgan fingerprint density at radius 3 is 2.48 bits per heavy atom. The predicted octanol–water partition coefficient (Wildman–Crippen LogP) is 5.35. The smallest absolute Gasteiger partial charge is 0.0657 e. The molecule has 0 unspecified atom stereocenters. The number of benzene rings is 1. The number of rotatable bonds is 7. The molecule has 23 heavy (non-hydrogen) atoms. The van der Waals surface area contributed by atoms with Crippen LogP contribution in [0.25, 0.3) is 0 Å². The van der Waals surface area contributed by atoms with E-state index in [9.17, 15) is 0 Å². The van der Waals surface area contributed by atoms with Gasteiger partial charge in [-0.2, -0.15) is 0 Å². The lowest BCUT2D eigenvalue weighted by Gasteiger charge is -2.49. The molecule has 0 radical (unpaired) electrons. The molecule has 1 aromatic carbocycles. The first-order valence-electron chi connectivity index (χ1n) is 9.33. The molecule has 2 rings (SSSR count). The molecular formula is C21H35NO. The van der Waals surface area contributed by atoms with E-state index in [4.69, 9.17) is 4.74 Å². The van der Waals surface area contributed by atoms with Gasteiger partial charge in [0.2, 0.25) is 0 Å². The van der Waals surface area contributed by atoms with Gasteiger partial charge >= 0.3 is 0 Å². The monoisotopic (exact) mass is 317 g/mol. The Labute approximate surface area is 143 Å². The van der Waals surface area contributed by atoms with E-state index in [1.165, 1.54) is 24.8 Å². The van der Waals surface area contributed by atoms with Gasteiger partial charge in [-0.15, -0.1) is 0 Å². The van der Waals surface area contributed by atoms with Crippen LogP contribution in [-0.2, 0) is 4.74 Å². The highest BCUT2D eigenvalue weighted by molar-refractivity contribution is 5.18. The van der Waals surface area contributed by atoms with Crippen molar-refractivity contribution in [2.75, 3.05) is 13.2 Å². The first-order valence-corrected chi connectivity index (χ1v) is 9.33. The van der Waals surface area contributed by atoms with Crippen molar-refractivity contribution in [2.24, 2.45) is 11.3 Å². The first kappa shape index (κ1) is 18.5. The van der Waals surface area contributed by atoms with Crippen LogP contribution in [-0.4, -0.2) is 18.8 Å². The van der Waals surface area contributed by atoms with Crippen LogP contribution in [0.1, 0.15) is 71.9 Å². The van der Waals surface area contributed by atoms with Crippen LogP contribution >= 0.6 is 0 Å². The maximum Gasteiger partial charge on any atom is 0.0657 e. The molecule has 1 N–H and O–H groups in total. The highest BCUT2D eigenvalue weighted by atomic mass is 16.5. The van der Waals surface area contributed by atoms with E-state index in [-0.39, 0.29) is 5.60 Å². The summed E-state index contributed by atoms with van der Waals surface area (Å²) in [5, 5.41) is 3.73. The van der Waals surface area contributed by atoms with Crippen molar-refractivity contribution in [1.29, 1.82) is 0 Å². The van der Waals surface area contributed by atoms with Crippen molar-refractivity contribution in [2.45, 2.75) is 71.9 Å². The van der Waals surface area contributed by atoms with Crippen molar-refractivity contribution < 1.29 is 4.74 Å². The van der Waals surface area contributed by atoms with Crippen LogP contribution in [0.2, 0.25) is 0 Å². The molecule has 1 heterocycles. The minimum atomic E-state index is 0.0631. The summed E-state index contributed by atoms with van der Waals surface area (Å²) in [6.07, 6.45) is 4.73. The van der Waals surface area contributed by atoms with Crippen LogP contribution in [0.3, 0.4) is 0 Å². The molecule has 1 aliphatic heterocycles. The summed E-state index contributed by atoms with van der Waals surface area (Å²) in [5.41, 5.74) is 1.84. The second-order valence-electron chi connectivity index (χ2n) is 7.93. The number of nitrogens with one attached hydrogen (secondary N) is 1. The molecule has 1 saturated heterocycles. The standard InChI is InChI=1S/C21H35NO/c1-6-20(5)16-21(17(2)3,13-15-23-20)12-14-22-18(4)19-10-8-7-9-11-19/h7-11,17-18,22H,6,12-16H2,1-5H3/t18-,20+,21-/m0/s1. The van der Waals surface area contributed by atoms with E-state index in [1.54, 1.807) is 0 Å². The zero-order valence-corrected chi connectivity index (χ0v) is 15.7. The SMILES string of the molecule is CC[C@]1(C)C[C@@](CCN[C@@H](C)c2ccccc2)(C(C)C)CCO1. The molecule has 130 valence electrons. The molecular weight excluding hydrogens is 282 g/mol. The van der Waals surface area contributed by atoms with Gasteiger partial charge in [0, 0.05) is 12.6 Å². The summed E-state index contributed by atoms with van der Waals surface area (Å²) in [6, 6.07) is 11.1. The van der Waals surface area contributed by atoms with Gasteiger partial charge in [-0.1, -0.05) is 51.1 Å². The number of hydrogen-bond acceptors (Lipinski definition) is 2. The summed E-state index contributed by atoms with van der Waals surface area (Å²) < 4.78 is 6.10. The van der Waals surface area contributed by atoms with Crippen molar-refractivity contribution >= 4 is 0 Å². The third-order valence-corrected chi connectivity index (χ3v) is 6.12. The lowest BCUT2D eigenvalue weighted by atomic mass is 9.64.